The zero-order valence-corrected chi connectivity index (χ0v) is 13.7. The highest BCUT2D eigenvalue weighted by Gasteiger charge is 2.35. The fraction of sp³-hybridized carbons (Fsp3) is 0.882. The zero-order valence-electron chi connectivity index (χ0n) is 13.7. The Morgan fingerprint density at radius 1 is 1.14 bits per heavy atom. The standard InChI is InChI=1S/C17H29NO4/c1-3-11(4-2)15-10-14(7-8-22-15)18-16(19)12-5-6-13(9-12)17(20)21/h11-15H,3-10H2,1-2H3,(H,18,19)(H,20,21)/t12-,13+,14?,15?/m1/s1. The number of aliphatic carboxylic acids is 1. The van der Waals surface area contributed by atoms with E-state index < -0.39 is 5.97 Å². The van der Waals surface area contributed by atoms with Gasteiger partial charge in [-0.3, -0.25) is 9.59 Å². The second-order valence-corrected chi connectivity index (χ2v) is 6.76. The molecule has 1 aliphatic heterocycles. The summed E-state index contributed by atoms with van der Waals surface area (Å²) in [6.07, 6.45) is 5.99. The minimum absolute atomic E-state index is 0.0407. The van der Waals surface area contributed by atoms with Crippen LogP contribution in [0.2, 0.25) is 0 Å². The van der Waals surface area contributed by atoms with Crippen molar-refractivity contribution in [3.05, 3.63) is 0 Å². The maximum absolute atomic E-state index is 12.4. The summed E-state index contributed by atoms with van der Waals surface area (Å²) in [5.41, 5.74) is 0. The molecule has 0 aromatic heterocycles. The van der Waals surface area contributed by atoms with E-state index in [-0.39, 0.29) is 29.9 Å². The molecule has 2 unspecified atom stereocenters. The van der Waals surface area contributed by atoms with Gasteiger partial charge < -0.3 is 15.2 Å². The second-order valence-electron chi connectivity index (χ2n) is 6.76. The van der Waals surface area contributed by atoms with Crippen molar-refractivity contribution < 1.29 is 19.4 Å². The molecule has 0 aromatic rings. The predicted octanol–water partition coefficient (Wildman–Crippen LogP) is 2.59. The fourth-order valence-electron chi connectivity index (χ4n) is 3.87. The Morgan fingerprint density at radius 2 is 1.82 bits per heavy atom. The summed E-state index contributed by atoms with van der Waals surface area (Å²) >= 11 is 0. The van der Waals surface area contributed by atoms with E-state index in [0.29, 0.717) is 31.8 Å². The van der Waals surface area contributed by atoms with Crippen molar-refractivity contribution in [1.29, 1.82) is 0 Å². The lowest BCUT2D eigenvalue weighted by Gasteiger charge is -2.34. The SMILES string of the molecule is CCC(CC)C1CC(NC(=O)[C@@H]2CC[C@H](C(=O)O)C2)CCO1. The first kappa shape index (κ1) is 17.3. The van der Waals surface area contributed by atoms with Crippen LogP contribution in [0.5, 0.6) is 0 Å². The van der Waals surface area contributed by atoms with Crippen molar-refractivity contribution in [2.45, 2.75) is 70.9 Å². The Morgan fingerprint density at radius 3 is 2.41 bits per heavy atom. The van der Waals surface area contributed by atoms with E-state index in [1.807, 2.05) is 0 Å². The van der Waals surface area contributed by atoms with Gasteiger partial charge in [0.1, 0.15) is 0 Å². The topological polar surface area (TPSA) is 75.6 Å². The van der Waals surface area contributed by atoms with Crippen LogP contribution in [-0.2, 0) is 14.3 Å². The Bertz CT molecular complexity index is 394. The Kier molecular flexibility index (Phi) is 6.24. The smallest absolute Gasteiger partial charge is 0.306 e. The maximum atomic E-state index is 12.4. The minimum atomic E-state index is -0.768. The van der Waals surface area contributed by atoms with E-state index in [4.69, 9.17) is 9.84 Å². The molecule has 1 saturated carbocycles. The van der Waals surface area contributed by atoms with Crippen molar-refractivity contribution in [2.24, 2.45) is 17.8 Å². The summed E-state index contributed by atoms with van der Waals surface area (Å²) < 4.78 is 5.88. The average molecular weight is 311 g/mol. The van der Waals surface area contributed by atoms with Gasteiger partial charge in [0.15, 0.2) is 0 Å². The average Bonchev–Trinajstić information content (AvgIpc) is 2.99. The van der Waals surface area contributed by atoms with Crippen LogP contribution in [0, 0.1) is 17.8 Å². The van der Waals surface area contributed by atoms with Gasteiger partial charge in [-0.25, -0.2) is 0 Å². The Balaban J connectivity index is 1.82. The van der Waals surface area contributed by atoms with Crippen molar-refractivity contribution in [1.82, 2.24) is 5.32 Å². The monoisotopic (exact) mass is 311 g/mol. The first-order valence-corrected chi connectivity index (χ1v) is 8.69. The molecule has 5 nitrogen and oxygen atoms in total. The molecule has 1 heterocycles. The highest BCUT2D eigenvalue weighted by atomic mass is 16.5. The van der Waals surface area contributed by atoms with Gasteiger partial charge >= 0.3 is 5.97 Å². The van der Waals surface area contributed by atoms with E-state index in [1.54, 1.807) is 0 Å². The Hall–Kier alpha value is -1.10. The summed E-state index contributed by atoms with van der Waals surface area (Å²) in [6, 6.07) is 0.177. The van der Waals surface area contributed by atoms with Crippen molar-refractivity contribution in [3.8, 4) is 0 Å². The molecule has 0 bridgehead atoms. The van der Waals surface area contributed by atoms with Crippen LogP contribution in [0.25, 0.3) is 0 Å². The van der Waals surface area contributed by atoms with Crippen LogP contribution in [-0.4, -0.2) is 35.7 Å². The molecule has 5 heteroatoms. The maximum Gasteiger partial charge on any atom is 0.306 e. The third-order valence-electron chi connectivity index (χ3n) is 5.39. The third kappa shape index (κ3) is 4.22. The van der Waals surface area contributed by atoms with Crippen LogP contribution in [0.4, 0.5) is 0 Å². The van der Waals surface area contributed by atoms with Crippen LogP contribution in [0.3, 0.4) is 0 Å². The van der Waals surface area contributed by atoms with E-state index in [9.17, 15) is 9.59 Å². The zero-order chi connectivity index (χ0) is 16.1. The number of hydrogen-bond donors (Lipinski definition) is 2. The van der Waals surface area contributed by atoms with E-state index in [1.165, 1.54) is 0 Å². The molecule has 22 heavy (non-hydrogen) atoms. The number of ether oxygens (including phenoxy) is 1. The number of carboxylic acids is 1. The number of rotatable bonds is 6. The molecule has 2 aliphatic rings. The number of carboxylic acid groups (broad SMARTS) is 1. The lowest BCUT2D eigenvalue weighted by Crippen LogP contribution is -2.45. The number of amides is 1. The van der Waals surface area contributed by atoms with Gasteiger partial charge in [0.25, 0.3) is 0 Å². The molecular formula is C17H29NO4. The van der Waals surface area contributed by atoms with Gasteiger partial charge in [-0.05, 0) is 38.0 Å². The van der Waals surface area contributed by atoms with Gasteiger partial charge in [0.05, 0.1) is 12.0 Å². The largest absolute Gasteiger partial charge is 0.481 e. The highest BCUT2D eigenvalue weighted by Crippen LogP contribution is 2.32. The van der Waals surface area contributed by atoms with Crippen molar-refractivity contribution in [2.75, 3.05) is 6.61 Å². The van der Waals surface area contributed by atoms with Gasteiger partial charge in [-0.2, -0.15) is 0 Å². The quantitative estimate of drug-likeness (QED) is 0.790. The van der Waals surface area contributed by atoms with E-state index in [0.717, 1.165) is 25.7 Å². The van der Waals surface area contributed by atoms with Gasteiger partial charge in [-0.1, -0.05) is 26.7 Å². The molecule has 1 saturated heterocycles. The normalized spacial score (nSPS) is 32.1. The molecule has 2 fully saturated rings. The highest BCUT2D eigenvalue weighted by molar-refractivity contribution is 5.81. The van der Waals surface area contributed by atoms with E-state index >= 15 is 0 Å². The third-order valence-corrected chi connectivity index (χ3v) is 5.39. The first-order valence-electron chi connectivity index (χ1n) is 8.69. The van der Waals surface area contributed by atoms with Gasteiger partial charge in [0, 0.05) is 18.6 Å². The van der Waals surface area contributed by atoms with Crippen LogP contribution < -0.4 is 5.32 Å². The molecule has 0 spiro atoms. The summed E-state index contributed by atoms with van der Waals surface area (Å²) in [5.74, 6) is -0.644. The lowest BCUT2D eigenvalue weighted by molar-refractivity contribution is -0.141. The van der Waals surface area contributed by atoms with Crippen LogP contribution in [0.15, 0.2) is 0 Å². The minimum Gasteiger partial charge on any atom is -0.481 e. The lowest BCUT2D eigenvalue weighted by atomic mass is 9.89. The number of carbonyl (C=O) groups is 2. The molecule has 2 rings (SSSR count). The first-order chi connectivity index (χ1) is 10.5. The number of hydrogen-bond acceptors (Lipinski definition) is 3. The van der Waals surface area contributed by atoms with Crippen LogP contribution in [0.1, 0.15) is 58.8 Å². The summed E-state index contributed by atoms with van der Waals surface area (Å²) in [5, 5.41) is 12.2. The van der Waals surface area contributed by atoms with Gasteiger partial charge in [-0.15, -0.1) is 0 Å². The summed E-state index contributed by atoms with van der Waals surface area (Å²) in [6.45, 7) is 5.07. The summed E-state index contributed by atoms with van der Waals surface area (Å²) in [7, 11) is 0. The molecule has 0 aromatic carbocycles. The van der Waals surface area contributed by atoms with Gasteiger partial charge in [0.2, 0.25) is 5.91 Å². The van der Waals surface area contributed by atoms with Crippen molar-refractivity contribution in [3.63, 3.8) is 0 Å². The number of nitrogens with one attached hydrogen (secondary N) is 1. The molecule has 4 atom stereocenters. The molecule has 1 amide bonds. The predicted molar refractivity (Wildman–Crippen MR) is 83.4 cm³/mol. The molecule has 2 N–H and O–H groups in total. The Labute approximate surface area is 132 Å². The molecular weight excluding hydrogens is 282 g/mol. The van der Waals surface area contributed by atoms with Crippen LogP contribution >= 0.6 is 0 Å². The number of carbonyl (C=O) groups excluding carboxylic acids is 1. The van der Waals surface area contributed by atoms with E-state index in [2.05, 4.69) is 19.2 Å². The molecule has 126 valence electrons. The summed E-state index contributed by atoms with van der Waals surface area (Å²) in [4.78, 5) is 23.3. The van der Waals surface area contributed by atoms with Crippen molar-refractivity contribution >= 4 is 11.9 Å². The fourth-order valence-corrected chi connectivity index (χ4v) is 3.87. The molecule has 1 aliphatic carbocycles. The second kappa shape index (κ2) is 7.95. The molecule has 0 radical (unpaired) electrons.